The van der Waals surface area contributed by atoms with Gasteiger partial charge in [0.2, 0.25) is 0 Å². The van der Waals surface area contributed by atoms with Crippen molar-refractivity contribution in [3.63, 3.8) is 0 Å². The van der Waals surface area contributed by atoms with Crippen molar-refractivity contribution in [3.05, 3.63) is 16.8 Å². The zero-order chi connectivity index (χ0) is 11.0. The lowest BCUT2D eigenvalue weighted by Gasteiger charge is -2.08. The molecule has 0 saturated heterocycles. The lowest BCUT2D eigenvalue weighted by Crippen LogP contribution is -2.03. The quantitative estimate of drug-likeness (QED) is 0.675. The van der Waals surface area contributed by atoms with Crippen molar-refractivity contribution in [1.29, 1.82) is 0 Å². The van der Waals surface area contributed by atoms with E-state index in [0.717, 1.165) is 0 Å². The van der Waals surface area contributed by atoms with E-state index in [0.29, 0.717) is 0 Å². The number of thiazole rings is 1. The van der Waals surface area contributed by atoms with Crippen molar-refractivity contribution in [2.75, 3.05) is 0 Å². The zero-order valence-corrected chi connectivity index (χ0v) is 10.6. The summed E-state index contributed by atoms with van der Waals surface area (Å²) in [4.78, 5) is 4.54. The average Bonchev–Trinajstić information content (AvgIpc) is 2.85. The third-order valence-corrected chi connectivity index (χ3v) is 4.63. The first-order chi connectivity index (χ1) is 7.88. The molecule has 16 heavy (non-hydrogen) atoms. The molecule has 0 aromatic carbocycles. The molecule has 0 spiro atoms. The van der Waals surface area contributed by atoms with Gasteiger partial charge in [-0.15, -0.1) is 11.3 Å². The second kappa shape index (κ2) is 4.21. The fourth-order valence-electron chi connectivity index (χ4n) is 2.81. The van der Waals surface area contributed by atoms with Gasteiger partial charge >= 0.3 is 0 Å². The van der Waals surface area contributed by atoms with Gasteiger partial charge in [0.15, 0.2) is 5.65 Å². The summed E-state index contributed by atoms with van der Waals surface area (Å²) in [7, 11) is 0. The maximum Gasteiger partial charge on any atom is 0.151 e. The molecule has 0 radical (unpaired) electrons. The predicted octanol–water partition coefficient (Wildman–Crippen LogP) is 3.91. The van der Waals surface area contributed by atoms with Gasteiger partial charge in [-0.3, -0.25) is 0 Å². The standard InChI is InChI=1S/C13H18N2S/c1-10-11-7-5-3-2-4-6-8-15(11)13-12(10)16-9-14-13/h9H,2-8H2,1H3. The Morgan fingerprint density at radius 3 is 2.94 bits per heavy atom. The molecule has 0 bridgehead atoms. The summed E-state index contributed by atoms with van der Waals surface area (Å²) in [6.45, 7) is 3.44. The Kier molecular flexibility index (Phi) is 2.72. The number of aromatic nitrogens is 2. The highest BCUT2D eigenvalue weighted by molar-refractivity contribution is 7.16. The highest BCUT2D eigenvalue weighted by Crippen LogP contribution is 2.30. The van der Waals surface area contributed by atoms with Gasteiger partial charge < -0.3 is 4.57 Å². The fraction of sp³-hybridized carbons (Fsp3) is 0.615. The van der Waals surface area contributed by atoms with Crippen LogP contribution in [0.1, 0.15) is 43.4 Å². The minimum Gasteiger partial charge on any atom is -0.329 e. The predicted molar refractivity (Wildman–Crippen MR) is 69.1 cm³/mol. The molecule has 3 heterocycles. The van der Waals surface area contributed by atoms with E-state index in [2.05, 4.69) is 16.5 Å². The fourth-order valence-corrected chi connectivity index (χ4v) is 3.63. The molecule has 0 amide bonds. The van der Waals surface area contributed by atoms with Crippen molar-refractivity contribution in [2.45, 2.75) is 52.0 Å². The molecule has 0 N–H and O–H groups in total. The lowest BCUT2D eigenvalue weighted by molar-refractivity contribution is 0.593. The first-order valence-corrected chi connectivity index (χ1v) is 7.17. The molecular weight excluding hydrogens is 216 g/mol. The van der Waals surface area contributed by atoms with Crippen molar-refractivity contribution in [2.24, 2.45) is 0 Å². The normalized spacial score (nSPS) is 17.8. The van der Waals surface area contributed by atoms with Crippen LogP contribution in [0.3, 0.4) is 0 Å². The lowest BCUT2D eigenvalue weighted by atomic mass is 10.1. The molecular formula is C13H18N2S. The molecule has 2 aromatic rings. The van der Waals surface area contributed by atoms with Crippen LogP contribution >= 0.6 is 11.3 Å². The number of nitrogens with zero attached hydrogens (tertiary/aromatic N) is 2. The minimum atomic E-state index is 1.17. The zero-order valence-electron chi connectivity index (χ0n) is 9.83. The Bertz CT molecular complexity index is 495. The SMILES string of the molecule is Cc1c2n(c3ncsc13)CCCCCCC2. The van der Waals surface area contributed by atoms with Gasteiger partial charge in [-0.25, -0.2) is 4.98 Å². The van der Waals surface area contributed by atoms with Gasteiger partial charge in [-0.05, 0) is 31.7 Å². The van der Waals surface area contributed by atoms with Crippen LogP contribution in [-0.2, 0) is 13.0 Å². The number of hydrogen-bond donors (Lipinski definition) is 0. The van der Waals surface area contributed by atoms with E-state index in [1.807, 2.05) is 5.51 Å². The topological polar surface area (TPSA) is 17.8 Å². The number of rotatable bonds is 0. The summed E-state index contributed by atoms with van der Waals surface area (Å²) in [5.41, 5.74) is 6.26. The van der Waals surface area contributed by atoms with Gasteiger partial charge in [0, 0.05) is 12.2 Å². The first-order valence-electron chi connectivity index (χ1n) is 6.29. The molecule has 0 aliphatic carbocycles. The van der Waals surface area contributed by atoms with Crippen LogP contribution in [-0.4, -0.2) is 9.55 Å². The number of aryl methyl sites for hydroxylation is 2. The van der Waals surface area contributed by atoms with Gasteiger partial charge in [0.1, 0.15) is 0 Å². The average molecular weight is 234 g/mol. The van der Waals surface area contributed by atoms with Crippen molar-refractivity contribution in [3.8, 4) is 0 Å². The summed E-state index contributed by atoms with van der Waals surface area (Å²) in [6, 6.07) is 0. The molecule has 2 nitrogen and oxygen atoms in total. The van der Waals surface area contributed by atoms with Crippen LogP contribution in [0.5, 0.6) is 0 Å². The van der Waals surface area contributed by atoms with E-state index in [-0.39, 0.29) is 0 Å². The van der Waals surface area contributed by atoms with Crippen molar-refractivity contribution < 1.29 is 0 Å². The maximum absolute atomic E-state index is 4.54. The smallest absolute Gasteiger partial charge is 0.151 e. The van der Waals surface area contributed by atoms with E-state index in [4.69, 9.17) is 0 Å². The van der Waals surface area contributed by atoms with E-state index >= 15 is 0 Å². The Morgan fingerprint density at radius 2 is 2.00 bits per heavy atom. The molecule has 1 aliphatic rings. The Balaban J connectivity index is 2.11. The molecule has 0 fully saturated rings. The monoisotopic (exact) mass is 234 g/mol. The summed E-state index contributed by atoms with van der Waals surface area (Å²) in [5.74, 6) is 0. The van der Waals surface area contributed by atoms with Crippen LogP contribution in [0.4, 0.5) is 0 Å². The van der Waals surface area contributed by atoms with Gasteiger partial charge in [-0.2, -0.15) is 0 Å². The van der Waals surface area contributed by atoms with Crippen LogP contribution in [0.15, 0.2) is 5.51 Å². The second-order valence-corrected chi connectivity index (χ2v) is 5.60. The third kappa shape index (κ3) is 1.58. The molecule has 3 rings (SSSR count). The Morgan fingerprint density at radius 1 is 1.19 bits per heavy atom. The van der Waals surface area contributed by atoms with Crippen molar-refractivity contribution >= 4 is 21.7 Å². The molecule has 0 saturated carbocycles. The summed E-state index contributed by atoms with van der Waals surface area (Å²) in [5, 5.41) is 0. The van der Waals surface area contributed by atoms with Crippen LogP contribution < -0.4 is 0 Å². The van der Waals surface area contributed by atoms with Crippen molar-refractivity contribution in [1.82, 2.24) is 9.55 Å². The highest BCUT2D eigenvalue weighted by Gasteiger charge is 2.16. The Labute approximate surface area is 100 Å². The summed E-state index contributed by atoms with van der Waals surface area (Å²) in [6.07, 6.45) is 8.08. The van der Waals surface area contributed by atoms with E-state index < -0.39 is 0 Å². The largest absolute Gasteiger partial charge is 0.329 e. The number of fused-ring (bicyclic) bond motifs is 3. The first kappa shape index (κ1) is 10.3. The maximum atomic E-state index is 4.54. The van der Waals surface area contributed by atoms with E-state index in [9.17, 15) is 0 Å². The summed E-state index contributed by atoms with van der Waals surface area (Å²) < 4.78 is 3.89. The number of hydrogen-bond acceptors (Lipinski definition) is 2. The highest BCUT2D eigenvalue weighted by atomic mass is 32.1. The molecule has 0 atom stereocenters. The molecule has 1 aliphatic heterocycles. The second-order valence-electron chi connectivity index (χ2n) is 4.75. The molecule has 2 aromatic heterocycles. The van der Waals surface area contributed by atoms with Crippen LogP contribution in [0, 0.1) is 6.92 Å². The minimum absolute atomic E-state index is 1.17. The Hall–Kier alpha value is -0.830. The van der Waals surface area contributed by atoms with E-state index in [1.165, 1.54) is 61.0 Å². The van der Waals surface area contributed by atoms with Gasteiger partial charge in [-0.1, -0.05) is 19.3 Å². The molecule has 86 valence electrons. The van der Waals surface area contributed by atoms with Crippen LogP contribution in [0.25, 0.3) is 10.3 Å². The third-order valence-electron chi connectivity index (χ3n) is 3.70. The molecule has 3 heteroatoms. The van der Waals surface area contributed by atoms with E-state index in [1.54, 1.807) is 17.0 Å². The molecule has 0 unspecified atom stereocenters. The van der Waals surface area contributed by atoms with Crippen LogP contribution in [0.2, 0.25) is 0 Å². The van der Waals surface area contributed by atoms with Gasteiger partial charge in [0.05, 0.1) is 10.2 Å². The van der Waals surface area contributed by atoms with Gasteiger partial charge in [0.25, 0.3) is 0 Å². The summed E-state index contributed by atoms with van der Waals surface area (Å²) >= 11 is 1.79.